The van der Waals surface area contributed by atoms with E-state index in [9.17, 15) is 5.11 Å². The molecule has 2 unspecified atom stereocenters. The number of thioether (sulfide) groups is 1. The molecule has 5 heteroatoms. The highest BCUT2D eigenvalue weighted by Crippen LogP contribution is 2.49. The van der Waals surface area contributed by atoms with Crippen LogP contribution in [0.1, 0.15) is 53.4 Å². The first kappa shape index (κ1) is 26.7. The molecule has 4 nitrogen and oxygen atoms in total. The number of hydrogen-bond donors (Lipinski definition) is 1. The number of nitrogens with zero attached hydrogens (tertiary/aromatic N) is 2. The predicted octanol–water partition coefficient (Wildman–Crippen LogP) is 6.83. The van der Waals surface area contributed by atoms with Gasteiger partial charge in [0.25, 0.3) is 0 Å². The Balaban J connectivity index is 1.76. The summed E-state index contributed by atoms with van der Waals surface area (Å²) in [6, 6.07) is 27.3. The van der Waals surface area contributed by atoms with Crippen LogP contribution in [0, 0.1) is 0 Å². The first-order valence-corrected chi connectivity index (χ1v) is 14.7. The summed E-state index contributed by atoms with van der Waals surface area (Å²) in [5.74, 6) is 3.05. The third-order valence-electron chi connectivity index (χ3n) is 7.90. The molecule has 5 rings (SSSR count). The highest BCUT2D eigenvalue weighted by molar-refractivity contribution is 7.99. The Kier molecular flexibility index (Phi) is 8.37. The van der Waals surface area contributed by atoms with Crippen molar-refractivity contribution in [2.24, 2.45) is 0 Å². The molecule has 2 atom stereocenters. The van der Waals surface area contributed by atoms with Crippen molar-refractivity contribution in [2.75, 3.05) is 39.3 Å². The van der Waals surface area contributed by atoms with Crippen LogP contribution < -0.4 is 4.74 Å². The highest BCUT2D eigenvalue weighted by atomic mass is 32.2. The molecule has 3 aromatic carbocycles. The van der Waals surface area contributed by atoms with Crippen molar-refractivity contribution >= 4 is 22.5 Å². The Morgan fingerprint density at radius 1 is 1.00 bits per heavy atom. The number of benzene rings is 3. The summed E-state index contributed by atoms with van der Waals surface area (Å²) in [4.78, 5) is 6.98. The Morgan fingerprint density at radius 2 is 1.71 bits per heavy atom. The van der Waals surface area contributed by atoms with E-state index in [1.54, 1.807) is 7.11 Å². The summed E-state index contributed by atoms with van der Waals surface area (Å²) in [6.07, 6.45) is 4.85. The molecule has 1 N–H and O–H groups in total. The highest BCUT2D eigenvalue weighted by Gasteiger charge is 2.43. The van der Waals surface area contributed by atoms with Gasteiger partial charge in [-0.2, -0.15) is 11.8 Å². The van der Waals surface area contributed by atoms with Gasteiger partial charge in [-0.1, -0.05) is 72.8 Å². The molecule has 0 aliphatic carbocycles. The van der Waals surface area contributed by atoms with E-state index in [-0.39, 0.29) is 5.92 Å². The van der Waals surface area contributed by atoms with Gasteiger partial charge in [0, 0.05) is 24.2 Å². The maximum Gasteiger partial charge on any atom is 0.216 e. The molecule has 0 saturated carbocycles. The molecular formula is C33H38N2O2S. The molecule has 1 aliphatic rings. The third-order valence-corrected chi connectivity index (χ3v) is 8.95. The average Bonchev–Trinajstić information content (AvgIpc) is 2.97. The van der Waals surface area contributed by atoms with Crippen LogP contribution in [0.5, 0.6) is 5.88 Å². The molecule has 0 bridgehead atoms. The molecule has 4 aromatic rings. The van der Waals surface area contributed by atoms with E-state index < -0.39 is 5.60 Å². The number of ether oxygens (including phenoxy) is 1. The fraction of sp³-hybridized carbons (Fsp3) is 0.364. The van der Waals surface area contributed by atoms with E-state index in [2.05, 4.69) is 91.8 Å². The number of fused-ring (bicyclic) bond motifs is 1. The van der Waals surface area contributed by atoms with Gasteiger partial charge < -0.3 is 14.7 Å². The zero-order valence-electron chi connectivity index (χ0n) is 22.6. The molecule has 1 saturated heterocycles. The van der Waals surface area contributed by atoms with Gasteiger partial charge in [-0.15, -0.1) is 0 Å². The van der Waals surface area contributed by atoms with Crippen LogP contribution in [0.15, 0.2) is 85.1 Å². The molecule has 0 spiro atoms. The van der Waals surface area contributed by atoms with Gasteiger partial charge in [-0.05, 0) is 84.3 Å². The van der Waals surface area contributed by atoms with E-state index in [4.69, 9.17) is 9.72 Å². The number of rotatable bonds is 9. The van der Waals surface area contributed by atoms with E-state index in [0.29, 0.717) is 18.2 Å². The topological polar surface area (TPSA) is 45.6 Å². The fourth-order valence-corrected chi connectivity index (χ4v) is 7.01. The van der Waals surface area contributed by atoms with Crippen molar-refractivity contribution in [1.29, 1.82) is 0 Å². The van der Waals surface area contributed by atoms with Gasteiger partial charge in [-0.3, -0.25) is 0 Å². The van der Waals surface area contributed by atoms with Crippen molar-refractivity contribution in [3.05, 3.63) is 107 Å². The normalized spacial score (nSPS) is 16.9. The van der Waals surface area contributed by atoms with Gasteiger partial charge >= 0.3 is 0 Å². The predicted molar refractivity (Wildman–Crippen MR) is 159 cm³/mol. The summed E-state index contributed by atoms with van der Waals surface area (Å²) >= 11 is 2.03. The zero-order valence-corrected chi connectivity index (χ0v) is 23.5. The molecule has 0 amide bonds. The number of aromatic nitrogens is 1. The minimum Gasteiger partial charge on any atom is -0.481 e. The summed E-state index contributed by atoms with van der Waals surface area (Å²) in [5, 5.41) is 15.3. The maximum atomic E-state index is 13.1. The lowest BCUT2D eigenvalue weighted by Crippen LogP contribution is -2.38. The monoisotopic (exact) mass is 526 g/mol. The van der Waals surface area contributed by atoms with Gasteiger partial charge in [0.15, 0.2) is 0 Å². The third kappa shape index (κ3) is 5.47. The van der Waals surface area contributed by atoms with E-state index in [1.807, 2.05) is 24.0 Å². The fourth-order valence-electron chi connectivity index (χ4n) is 5.91. The number of methoxy groups -OCH3 is 1. The minimum atomic E-state index is -1.21. The summed E-state index contributed by atoms with van der Waals surface area (Å²) < 4.78 is 5.90. The van der Waals surface area contributed by atoms with E-state index in [1.165, 1.54) is 17.1 Å². The molecule has 1 aromatic heterocycles. The van der Waals surface area contributed by atoms with Gasteiger partial charge in [0.1, 0.15) is 5.60 Å². The van der Waals surface area contributed by atoms with Crippen LogP contribution in [0.3, 0.4) is 0 Å². The number of hydrogen-bond acceptors (Lipinski definition) is 5. The lowest BCUT2D eigenvalue weighted by molar-refractivity contribution is 0.00512. The van der Waals surface area contributed by atoms with Crippen molar-refractivity contribution in [3.8, 4) is 5.88 Å². The van der Waals surface area contributed by atoms with Crippen molar-refractivity contribution in [2.45, 2.75) is 36.7 Å². The van der Waals surface area contributed by atoms with E-state index >= 15 is 0 Å². The van der Waals surface area contributed by atoms with Crippen LogP contribution in [-0.4, -0.2) is 54.2 Å². The lowest BCUT2D eigenvalue weighted by Gasteiger charge is -2.39. The van der Waals surface area contributed by atoms with Crippen LogP contribution in [-0.2, 0) is 5.60 Å². The molecule has 1 aliphatic heterocycles. The van der Waals surface area contributed by atoms with Crippen molar-refractivity contribution < 1.29 is 9.84 Å². The molecular weight excluding hydrogens is 488 g/mol. The van der Waals surface area contributed by atoms with Gasteiger partial charge in [0.05, 0.1) is 7.11 Å². The molecule has 2 heterocycles. The van der Waals surface area contributed by atoms with Crippen molar-refractivity contribution in [1.82, 2.24) is 9.88 Å². The van der Waals surface area contributed by atoms with Crippen LogP contribution >= 0.6 is 11.8 Å². The van der Waals surface area contributed by atoms with Crippen molar-refractivity contribution in [3.63, 3.8) is 0 Å². The smallest absolute Gasteiger partial charge is 0.216 e. The first-order chi connectivity index (χ1) is 18.5. The van der Waals surface area contributed by atoms with Crippen LogP contribution in [0.25, 0.3) is 10.8 Å². The second kappa shape index (κ2) is 11.9. The second-order valence-corrected chi connectivity index (χ2v) is 11.8. The van der Waals surface area contributed by atoms with Crippen LogP contribution in [0.2, 0.25) is 0 Å². The lowest BCUT2D eigenvalue weighted by atomic mass is 9.70. The Hall–Kier alpha value is -2.86. The Labute approximate surface area is 231 Å². The Morgan fingerprint density at radius 3 is 2.45 bits per heavy atom. The van der Waals surface area contributed by atoms with Gasteiger partial charge in [-0.25, -0.2) is 4.98 Å². The SMILES string of the molecule is COc1ncc(C2CCSCC2)cc1C(c1ccccc1)C(O)(CCN(C)C)c1cccc2ccccc12. The molecule has 1 fully saturated rings. The largest absolute Gasteiger partial charge is 0.481 e. The van der Waals surface area contributed by atoms with Gasteiger partial charge in [0.2, 0.25) is 5.88 Å². The second-order valence-electron chi connectivity index (χ2n) is 10.6. The maximum absolute atomic E-state index is 13.1. The van der Waals surface area contributed by atoms with E-state index in [0.717, 1.165) is 46.8 Å². The Bertz CT molecular complexity index is 1350. The average molecular weight is 527 g/mol. The summed E-state index contributed by atoms with van der Waals surface area (Å²) in [6.45, 7) is 0.734. The first-order valence-electron chi connectivity index (χ1n) is 13.5. The zero-order chi connectivity index (χ0) is 26.5. The summed E-state index contributed by atoms with van der Waals surface area (Å²) in [7, 11) is 5.80. The summed E-state index contributed by atoms with van der Waals surface area (Å²) in [5.41, 5.74) is 2.98. The molecule has 0 radical (unpaired) electrons. The molecule has 198 valence electrons. The van der Waals surface area contributed by atoms with Crippen LogP contribution in [0.4, 0.5) is 0 Å². The minimum absolute atomic E-state index is 0.366. The standard InChI is InChI=1S/C33H38N2O2S/c1-35(2)19-18-33(36,30-15-9-13-25-10-7-8-14-28(25)30)31(26-11-5-4-6-12-26)29-22-27(23-34-32(29)37-3)24-16-20-38-21-17-24/h4-15,22-24,31,36H,16-21H2,1-3H3. The number of aliphatic hydroxyl groups is 1. The quantitative estimate of drug-likeness (QED) is 0.259. The molecule has 38 heavy (non-hydrogen) atoms. The number of pyridine rings is 1.